The SMILES string of the molecule is CCCN(C(=O)NCc1ccc(C(=O)O)cc1)c1ccccc1. The molecule has 0 saturated carbocycles. The Kier molecular flexibility index (Phi) is 5.74. The average molecular weight is 312 g/mol. The normalized spacial score (nSPS) is 10.1. The molecule has 0 saturated heterocycles. The van der Waals surface area contributed by atoms with E-state index in [4.69, 9.17) is 5.11 Å². The van der Waals surface area contributed by atoms with E-state index in [1.165, 1.54) is 12.1 Å². The fourth-order valence-electron chi connectivity index (χ4n) is 2.22. The van der Waals surface area contributed by atoms with Crippen molar-refractivity contribution in [2.45, 2.75) is 19.9 Å². The number of anilines is 1. The van der Waals surface area contributed by atoms with Crippen LogP contribution >= 0.6 is 0 Å². The van der Waals surface area contributed by atoms with Gasteiger partial charge in [-0.15, -0.1) is 0 Å². The van der Waals surface area contributed by atoms with E-state index in [2.05, 4.69) is 5.32 Å². The molecule has 0 aromatic heterocycles. The average Bonchev–Trinajstić information content (AvgIpc) is 2.58. The van der Waals surface area contributed by atoms with Gasteiger partial charge < -0.3 is 10.4 Å². The zero-order valence-corrected chi connectivity index (χ0v) is 13.0. The predicted octanol–water partition coefficient (Wildman–Crippen LogP) is 3.51. The monoisotopic (exact) mass is 312 g/mol. The third kappa shape index (κ3) is 4.57. The van der Waals surface area contributed by atoms with Crippen LogP contribution in [0.5, 0.6) is 0 Å². The van der Waals surface area contributed by atoms with Gasteiger partial charge in [-0.3, -0.25) is 4.90 Å². The summed E-state index contributed by atoms with van der Waals surface area (Å²) in [5.74, 6) is -0.959. The molecule has 0 unspecified atom stereocenters. The summed E-state index contributed by atoms with van der Waals surface area (Å²) < 4.78 is 0. The van der Waals surface area contributed by atoms with Crippen molar-refractivity contribution in [2.24, 2.45) is 0 Å². The van der Waals surface area contributed by atoms with Crippen LogP contribution in [0.1, 0.15) is 29.3 Å². The molecule has 5 nitrogen and oxygen atoms in total. The molecular formula is C18H20N2O3. The highest BCUT2D eigenvalue weighted by Crippen LogP contribution is 2.14. The fourth-order valence-corrected chi connectivity index (χ4v) is 2.22. The van der Waals surface area contributed by atoms with Gasteiger partial charge in [-0.25, -0.2) is 9.59 Å². The van der Waals surface area contributed by atoms with Gasteiger partial charge in [0.15, 0.2) is 0 Å². The van der Waals surface area contributed by atoms with Crippen molar-refractivity contribution >= 4 is 17.7 Å². The van der Waals surface area contributed by atoms with Crippen LogP contribution in [0.15, 0.2) is 54.6 Å². The van der Waals surface area contributed by atoms with Gasteiger partial charge in [0.25, 0.3) is 0 Å². The second-order valence-electron chi connectivity index (χ2n) is 5.15. The van der Waals surface area contributed by atoms with Gasteiger partial charge >= 0.3 is 12.0 Å². The van der Waals surface area contributed by atoms with E-state index in [1.807, 2.05) is 37.3 Å². The van der Waals surface area contributed by atoms with Crippen molar-refractivity contribution in [3.63, 3.8) is 0 Å². The number of hydrogen-bond donors (Lipinski definition) is 2. The van der Waals surface area contributed by atoms with Gasteiger partial charge in [-0.1, -0.05) is 37.3 Å². The minimum Gasteiger partial charge on any atom is -0.478 e. The van der Waals surface area contributed by atoms with Crippen LogP contribution in [-0.4, -0.2) is 23.7 Å². The third-order valence-electron chi connectivity index (χ3n) is 3.40. The Hall–Kier alpha value is -2.82. The molecule has 0 fully saturated rings. The van der Waals surface area contributed by atoms with E-state index in [9.17, 15) is 9.59 Å². The Labute approximate surface area is 135 Å². The topological polar surface area (TPSA) is 69.6 Å². The first kappa shape index (κ1) is 16.5. The Balaban J connectivity index is 2.00. The molecule has 0 heterocycles. The highest BCUT2D eigenvalue weighted by atomic mass is 16.4. The zero-order chi connectivity index (χ0) is 16.7. The van der Waals surface area contributed by atoms with E-state index < -0.39 is 5.97 Å². The number of para-hydroxylation sites is 1. The Morgan fingerprint density at radius 3 is 2.26 bits per heavy atom. The molecule has 2 aromatic rings. The highest BCUT2D eigenvalue weighted by Gasteiger charge is 2.14. The molecule has 0 aliphatic heterocycles. The molecule has 120 valence electrons. The standard InChI is InChI=1S/C18H20N2O3/c1-2-12-20(16-6-4-3-5-7-16)18(23)19-13-14-8-10-15(11-9-14)17(21)22/h3-11H,2,12-13H2,1H3,(H,19,23)(H,21,22). The van der Waals surface area contributed by atoms with Crippen LogP contribution in [-0.2, 0) is 6.54 Å². The molecule has 0 aliphatic carbocycles. The molecule has 0 atom stereocenters. The van der Waals surface area contributed by atoms with Crippen molar-refractivity contribution < 1.29 is 14.7 Å². The maximum atomic E-state index is 12.4. The molecular weight excluding hydrogens is 292 g/mol. The van der Waals surface area contributed by atoms with Crippen molar-refractivity contribution in [1.82, 2.24) is 5.32 Å². The second kappa shape index (κ2) is 7.98. The minimum atomic E-state index is -0.959. The number of carboxylic acid groups (broad SMARTS) is 1. The van der Waals surface area contributed by atoms with Crippen LogP contribution < -0.4 is 10.2 Å². The smallest absolute Gasteiger partial charge is 0.335 e. The summed E-state index contributed by atoms with van der Waals surface area (Å²) >= 11 is 0. The first-order valence-electron chi connectivity index (χ1n) is 7.54. The van der Waals surface area contributed by atoms with Gasteiger partial charge in [-0.05, 0) is 36.2 Å². The van der Waals surface area contributed by atoms with E-state index in [-0.39, 0.29) is 11.6 Å². The summed E-state index contributed by atoms with van der Waals surface area (Å²) in [7, 11) is 0. The number of carbonyl (C=O) groups excluding carboxylic acids is 1. The number of amides is 2. The van der Waals surface area contributed by atoms with Crippen LogP contribution in [0.2, 0.25) is 0 Å². The summed E-state index contributed by atoms with van der Waals surface area (Å²) in [5.41, 5.74) is 1.94. The molecule has 2 rings (SSSR count). The number of nitrogens with zero attached hydrogens (tertiary/aromatic N) is 1. The molecule has 23 heavy (non-hydrogen) atoms. The molecule has 0 bridgehead atoms. The summed E-state index contributed by atoms with van der Waals surface area (Å²) in [6.45, 7) is 3.01. The van der Waals surface area contributed by atoms with Gasteiger partial charge in [0.2, 0.25) is 0 Å². The van der Waals surface area contributed by atoms with Crippen molar-refractivity contribution in [3.8, 4) is 0 Å². The molecule has 2 aromatic carbocycles. The molecule has 2 amide bonds. The number of carbonyl (C=O) groups is 2. The van der Waals surface area contributed by atoms with Crippen molar-refractivity contribution in [2.75, 3.05) is 11.4 Å². The predicted molar refractivity (Wildman–Crippen MR) is 89.7 cm³/mol. The number of benzene rings is 2. The maximum Gasteiger partial charge on any atom is 0.335 e. The Bertz CT molecular complexity index is 654. The number of carboxylic acids is 1. The van der Waals surface area contributed by atoms with Gasteiger partial charge in [0.05, 0.1) is 5.56 Å². The van der Waals surface area contributed by atoms with E-state index in [0.717, 1.165) is 17.7 Å². The molecule has 0 spiro atoms. The first-order valence-corrected chi connectivity index (χ1v) is 7.54. The fraction of sp³-hybridized carbons (Fsp3) is 0.222. The minimum absolute atomic E-state index is 0.166. The number of aromatic carboxylic acids is 1. The van der Waals surface area contributed by atoms with Crippen LogP contribution in [0.3, 0.4) is 0 Å². The van der Waals surface area contributed by atoms with E-state index in [1.54, 1.807) is 17.0 Å². The van der Waals surface area contributed by atoms with Crippen molar-refractivity contribution in [3.05, 3.63) is 65.7 Å². The van der Waals surface area contributed by atoms with Gasteiger partial charge in [-0.2, -0.15) is 0 Å². The molecule has 0 radical (unpaired) electrons. The maximum absolute atomic E-state index is 12.4. The summed E-state index contributed by atoms with van der Waals surface area (Å²) in [4.78, 5) is 24.9. The molecule has 0 aliphatic rings. The second-order valence-corrected chi connectivity index (χ2v) is 5.15. The van der Waals surface area contributed by atoms with E-state index in [0.29, 0.717) is 13.1 Å². The number of hydrogen-bond acceptors (Lipinski definition) is 2. The highest BCUT2D eigenvalue weighted by molar-refractivity contribution is 5.92. The number of rotatable bonds is 6. The van der Waals surface area contributed by atoms with Crippen LogP contribution in [0.25, 0.3) is 0 Å². The lowest BCUT2D eigenvalue weighted by Crippen LogP contribution is -2.40. The summed E-state index contributed by atoms with van der Waals surface area (Å²) in [5, 5.41) is 11.7. The number of urea groups is 1. The zero-order valence-electron chi connectivity index (χ0n) is 13.0. The number of nitrogens with one attached hydrogen (secondary N) is 1. The van der Waals surface area contributed by atoms with Crippen molar-refractivity contribution in [1.29, 1.82) is 0 Å². The first-order chi connectivity index (χ1) is 11.1. The van der Waals surface area contributed by atoms with E-state index >= 15 is 0 Å². The lowest BCUT2D eigenvalue weighted by atomic mass is 10.1. The molecule has 5 heteroatoms. The Morgan fingerprint density at radius 1 is 1.04 bits per heavy atom. The van der Waals surface area contributed by atoms with Gasteiger partial charge in [0, 0.05) is 18.8 Å². The lowest BCUT2D eigenvalue weighted by molar-refractivity contribution is 0.0697. The molecule has 2 N–H and O–H groups in total. The summed E-state index contributed by atoms with van der Waals surface area (Å²) in [6, 6.07) is 15.8. The lowest BCUT2D eigenvalue weighted by Gasteiger charge is -2.22. The van der Waals surface area contributed by atoms with Crippen LogP contribution in [0.4, 0.5) is 10.5 Å². The Morgan fingerprint density at radius 2 is 1.70 bits per heavy atom. The third-order valence-corrected chi connectivity index (χ3v) is 3.40. The van der Waals surface area contributed by atoms with Crippen LogP contribution in [0, 0.1) is 0 Å². The summed E-state index contributed by atoms with van der Waals surface area (Å²) in [6.07, 6.45) is 0.857. The quantitative estimate of drug-likeness (QED) is 0.857. The largest absolute Gasteiger partial charge is 0.478 e. The van der Waals surface area contributed by atoms with Gasteiger partial charge in [0.1, 0.15) is 0 Å².